The molecule has 1 saturated heterocycles. The van der Waals surface area contributed by atoms with E-state index in [0.717, 1.165) is 50.2 Å². The van der Waals surface area contributed by atoms with Crippen molar-refractivity contribution >= 4 is 17.7 Å². The van der Waals surface area contributed by atoms with Gasteiger partial charge in [0.2, 0.25) is 0 Å². The Balaban J connectivity index is 0.00000196. The Morgan fingerprint density at radius 2 is 1.58 bits per heavy atom. The molecule has 1 spiro atoms. The number of rotatable bonds is 4. The lowest BCUT2D eigenvalue weighted by molar-refractivity contribution is -0.138. The van der Waals surface area contributed by atoms with Crippen molar-refractivity contribution < 1.29 is 31.1 Å². The van der Waals surface area contributed by atoms with Gasteiger partial charge in [-0.3, -0.25) is 4.79 Å². The first-order valence-corrected chi connectivity index (χ1v) is 15.6. The molecule has 3 aromatic carbocycles. The molecule has 1 amide bonds. The van der Waals surface area contributed by atoms with Crippen LogP contribution in [0, 0.1) is 5.92 Å². The number of carbonyl (C=O) groups is 1. The standard InChI is InChI=1S/C34H32F6N2O.C2H6/c1-21-20-42(17-16-32(21)15-14-22-6-2-4-8-28(22)32)25-12-10-23(18-25)26-13-11-24(19-30(26)34(38,39)40)41-31(43)27-7-3-5-9-29(27)33(35,36)37;1-2/h2-9,11,13-15,19,21,23,25H,10,12,16-18,20H2,1H3,(H,41,43);1-2H3. The topological polar surface area (TPSA) is 32.3 Å². The molecule has 1 saturated carbocycles. The Kier molecular flexibility index (Phi) is 9.23. The van der Waals surface area contributed by atoms with E-state index in [0.29, 0.717) is 18.8 Å². The van der Waals surface area contributed by atoms with Crippen LogP contribution < -0.4 is 5.32 Å². The minimum atomic E-state index is -4.78. The molecule has 240 valence electrons. The van der Waals surface area contributed by atoms with Crippen molar-refractivity contribution in [3.63, 3.8) is 0 Å². The summed E-state index contributed by atoms with van der Waals surface area (Å²) in [7, 11) is 0. The third-order valence-electron chi connectivity index (χ3n) is 9.68. The zero-order valence-electron chi connectivity index (χ0n) is 25.6. The third kappa shape index (κ3) is 6.41. The maximum absolute atomic E-state index is 14.3. The number of nitrogens with one attached hydrogen (secondary N) is 1. The van der Waals surface area contributed by atoms with Crippen LogP contribution in [0.25, 0.3) is 6.08 Å². The van der Waals surface area contributed by atoms with Crippen LogP contribution in [-0.4, -0.2) is 29.9 Å². The second-order valence-electron chi connectivity index (χ2n) is 12.1. The first-order valence-electron chi connectivity index (χ1n) is 15.6. The van der Waals surface area contributed by atoms with E-state index in [2.05, 4.69) is 47.5 Å². The highest BCUT2D eigenvalue weighted by atomic mass is 19.4. The number of carbonyl (C=O) groups excluding carboxylic acids is 1. The van der Waals surface area contributed by atoms with Gasteiger partial charge in [0, 0.05) is 23.7 Å². The summed E-state index contributed by atoms with van der Waals surface area (Å²) in [5.41, 5.74) is -0.0917. The van der Waals surface area contributed by atoms with Gasteiger partial charge in [0.25, 0.3) is 5.91 Å². The van der Waals surface area contributed by atoms with Gasteiger partial charge in [-0.05, 0) is 85.0 Å². The average Bonchev–Trinajstić information content (AvgIpc) is 3.65. The molecule has 1 heterocycles. The predicted molar refractivity (Wildman–Crippen MR) is 165 cm³/mol. The molecule has 4 atom stereocenters. The fourth-order valence-electron chi connectivity index (χ4n) is 7.49. The number of amides is 1. The van der Waals surface area contributed by atoms with E-state index < -0.39 is 35.0 Å². The lowest BCUT2D eigenvalue weighted by atomic mass is 9.68. The summed E-state index contributed by atoms with van der Waals surface area (Å²) in [5.74, 6) is -1.07. The summed E-state index contributed by atoms with van der Waals surface area (Å²) in [6, 6.07) is 16.4. The molecule has 45 heavy (non-hydrogen) atoms. The molecule has 6 rings (SSSR count). The van der Waals surface area contributed by atoms with E-state index in [1.165, 1.54) is 29.3 Å². The molecule has 2 aliphatic carbocycles. The molecule has 4 unspecified atom stereocenters. The second-order valence-corrected chi connectivity index (χ2v) is 12.1. The SMILES string of the molecule is CC.CC1CN(C2CCC(c3ccc(NC(=O)c4ccccc4C(F)(F)F)cc3C(F)(F)F)C2)CCC12C=Cc1ccccc12. The molecule has 0 bridgehead atoms. The number of piperidine rings is 1. The molecule has 0 radical (unpaired) electrons. The van der Waals surface area contributed by atoms with Crippen LogP contribution in [0.5, 0.6) is 0 Å². The molecule has 1 N–H and O–H groups in total. The molecule has 3 aromatic rings. The fraction of sp³-hybridized carbons (Fsp3) is 0.417. The number of fused-ring (bicyclic) bond motifs is 2. The van der Waals surface area contributed by atoms with Crippen LogP contribution in [0.15, 0.2) is 72.8 Å². The summed E-state index contributed by atoms with van der Waals surface area (Å²) in [6.07, 6.45) is -1.98. The largest absolute Gasteiger partial charge is 0.417 e. The van der Waals surface area contributed by atoms with Crippen LogP contribution in [-0.2, 0) is 17.8 Å². The molecule has 1 aliphatic heterocycles. The van der Waals surface area contributed by atoms with Crippen molar-refractivity contribution in [3.05, 3.63) is 106 Å². The van der Waals surface area contributed by atoms with Crippen molar-refractivity contribution in [2.45, 2.75) is 76.2 Å². The van der Waals surface area contributed by atoms with Crippen LogP contribution >= 0.6 is 0 Å². The van der Waals surface area contributed by atoms with Gasteiger partial charge in [-0.15, -0.1) is 0 Å². The van der Waals surface area contributed by atoms with E-state index >= 15 is 0 Å². The number of likely N-dealkylation sites (tertiary alicyclic amines) is 1. The van der Waals surface area contributed by atoms with Crippen molar-refractivity contribution in [2.75, 3.05) is 18.4 Å². The van der Waals surface area contributed by atoms with Crippen molar-refractivity contribution in [1.29, 1.82) is 0 Å². The molecule has 9 heteroatoms. The maximum Gasteiger partial charge on any atom is 0.417 e. The summed E-state index contributed by atoms with van der Waals surface area (Å²) in [4.78, 5) is 15.1. The monoisotopic (exact) mass is 628 g/mol. The van der Waals surface area contributed by atoms with Crippen molar-refractivity contribution in [2.24, 2.45) is 5.92 Å². The van der Waals surface area contributed by atoms with Crippen LogP contribution in [0.4, 0.5) is 32.0 Å². The number of alkyl halides is 6. The van der Waals surface area contributed by atoms with Gasteiger partial charge in [0.15, 0.2) is 0 Å². The number of allylic oxidation sites excluding steroid dienone is 1. The van der Waals surface area contributed by atoms with Gasteiger partial charge < -0.3 is 10.2 Å². The Morgan fingerprint density at radius 1 is 0.889 bits per heavy atom. The lowest BCUT2D eigenvalue weighted by Crippen LogP contribution is -2.50. The van der Waals surface area contributed by atoms with Crippen molar-refractivity contribution in [1.82, 2.24) is 4.90 Å². The first-order chi connectivity index (χ1) is 21.4. The van der Waals surface area contributed by atoms with Gasteiger partial charge in [0.05, 0.1) is 16.7 Å². The lowest BCUT2D eigenvalue weighted by Gasteiger charge is -2.46. The minimum absolute atomic E-state index is 0.00453. The van der Waals surface area contributed by atoms with E-state index in [1.807, 2.05) is 19.9 Å². The van der Waals surface area contributed by atoms with Gasteiger partial charge in [-0.2, -0.15) is 26.3 Å². The number of anilines is 1. The fourth-order valence-corrected chi connectivity index (χ4v) is 7.49. The Hall–Kier alpha value is -3.59. The Morgan fingerprint density at radius 3 is 2.29 bits per heavy atom. The maximum atomic E-state index is 14.3. The summed E-state index contributed by atoms with van der Waals surface area (Å²) >= 11 is 0. The number of halogens is 6. The van der Waals surface area contributed by atoms with Gasteiger partial charge in [-0.1, -0.05) is 75.4 Å². The molecule has 0 aromatic heterocycles. The molecular weight excluding hydrogens is 590 g/mol. The highest BCUT2D eigenvalue weighted by Gasteiger charge is 2.46. The predicted octanol–water partition coefficient (Wildman–Crippen LogP) is 9.95. The third-order valence-corrected chi connectivity index (χ3v) is 9.68. The number of hydrogen-bond acceptors (Lipinski definition) is 2. The minimum Gasteiger partial charge on any atom is -0.322 e. The highest BCUT2D eigenvalue weighted by molar-refractivity contribution is 6.05. The van der Waals surface area contributed by atoms with Gasteiger partial charge in [-0.25, -0.2) is 0 Å². The van der Waals surface area contributed by atoms with E-state index in [-0.39, 0.29) is 28.6 Å². The molecular formula is C36H38F6N2O. The summed E-state index contributed by atoms with van der Waals surface area (Å²) < 4.78 is 83.0. The highest BCUT2D eigenvalue weighted by Crippen LogP contribution is 2.49. The van der Waals surface area contributed by atoms with E-state index in [1.54, 1.807) is 0 Å². The molecule has 3 nitrogen and oxygen atoms in total. The Bertz CT molecular complexity index is 1560. The molecule has 2 fully saturated rings. The smallest absolute Gasteiger partial charge is 0.322 e. The molecule has 3 aliphatic rings. The van der Waals surface area contributed by atoms with Crippen LogP contribution in [0.1, 0.15) is 90.5 Å². The normalized spacial score (nSPS) is 24.7. The Labute approximate surface area is 260 Å². The zero-order chi connectivity index (χ0) is 32.6. The number of benzene rings is 3. The summed E-state index contributed by atoms with van der Waals surface area (Å²) in [5, 5.41) is 2.24. The number of nitrogens with zero attached hydrogens (tertiary/aromatic N) is 1. The summed E-state index contributed by atoms with van der Waals surface area (Å²) in [6.45, 7) is 8.00. The average molecular weight is 629 g/mol. The zero-order valence-corrected chi connectivity index (χ0v) is 25.6. The van der Waals surface area contributed by atoms with E-state index in [4.69, 9.17) is 0 Å². The van der Waals surface area contributed by atoms with Crippen molar-refractivity contribution in [3.8, 4) is 0 Å². The van der Waals surface area contributed by atoms with Gasteiger partial charge >= 0.3 is 12.4 Å². The van der Waals surface area contributed by atoms with Crippen LogP contribution in [0.3, 0.4) is 0 Å². The quantitative estimate of drug-likeness (QED) is 0.292. The van der Waals surface area contributed by atoms with Gasteiger partial charge in [0.1, 0.15) is 0 Å². The first kappa shape index (κ1) is 32.8. The second kappa shape index (κ2) is 12.7. The number of hydrogen-bond donors (Lipinski definition) is 1. The van der Waals surface area contributed by atoms with E-state index in [9.17, 15) is 31.1 Å². The van der Waals surface area contributed by atoms with Crippen LogP contribution in [0.2, 0.25) is 0 Å².